The minimum absolute atomic E-state index is 0.0972. The van der Waals surface area contributed by atoms with Crippen molar-refractivity contribution in [3.8, 4) is 11.4 Å². The van der Waals surface area contributed by atoms with Crippen molar-refractivity contribution in [2.75, 3.05) is 11.1 Å². The number of carbonyl (C=O) groups excluding carboxylic acids is 1. The number of benzene rings is 1. The molecule has 0 aliphatic heterocycles. The average molecular weight is 404 g/mol. The fourth-order valence-electron chi connectivity index (χ4n) is 2.64. The quantitative estimate of drug-likeness (QED) is 0.624. The third-order valence-electron chi connectivity index (χ3n) is 4.03. The summed E-state index contributed by atoms with van der Waals surface area (Å²) in [7, 11) is 0. The molecule has 1 N–H and O–H groups in total. The SMILES string of the molecule is O=C(CSc1nnc(-c2cccnc2)n1C1CC1)Nc1ccc(Cl)cc1F. The normalized spacial score (nSPS) is 13.6. The van der Waals surface area contributed by atoms with Crippen LogP contribution in [-0.2, 0) is 4.79 Å². The number of hydrogen-bond acceptors (Lipinski definition) is 5. The van der Waals surface area contributed by atoms with Gasteiger partial charge in [0.25, 0.3) is 0 Å². The first-order valence-corrected chi connectivity index (χ1v) is 9.71. The molecule has 1 aliphatic carbocycles. The number of anilines is 1. The zero-order valence-corrected chi connectivity index (χ0v) is 15.7. The number of rotatable bonds is 6. The molecule has 1 amide bonds. The number of carbonyl (C=O) groups is 1. The predicted molar refractivity (Wildman–Crippen MR) is 102 cm³/mol. The molecule has 1 aromatic carbocycles. The summed E-state index contributed by atoms with van der Waals surface area (Å²) >= 11 is 7.00. The van der Waals surface area contributed by atoms with E-state index in [0.29, 0.717) is 11.2 Å². The van der Waals surface area contributed by atoms with Gasteiger partial charge in [-0.2, -0.15) is 0 Å². The first-order chi connectivity index (χ1) is 13.1. The Kier molecular flexibility index (Phi) is 5.09. The molecule has 9 heteroatoms. The van der Waals surface area contributed by atoms with Crippen molar-refractivity contribution in [1.82, 2.24) is 19.7 Å². The van der Waals surface area contributed by atoms with Crippen molar-refractivity contribution in [3.05, 3.63) is 53.6 Å². The van der Waals surface area contributed by atoms with Gasteiger partial charge in [0.1, 0.15) is 5.82 Å². The lowest BCUT2D eigenvalue weighted by Gasteiger charge is -2.09. The van der Waals surface area contributed by atoms with Crippen LogP contribution in [0, 0.1) is 5.82 Å². The highest BCUT2D eigenvalue weighted by atomic mass is 35.5. The van der Waals surface area contributed by atoms with Gasteiger partial charge in [0.2, 0.25) is 5.91 Å². The maximum Gasteiger partial charge on any atom is 0.234 e. The Labute approximate surface area is 164 Å². The maximum absolute atomic E-state index is 13.8. The molecule has 1 aliphatic rings. The van der Waals surface area contributed by atoms with E-state index in [1.165, 1.54) is 23.9 Å². The molecule has 4 rings (SSSR count). The van der Waals surface area contributed by atoms with Crippen molar-refractivity contribution in [1.29, 1.82) is 0 Å². The van der Waals surface area contributed by atoms with E-state index in [1.807, 2.05) is 12.1 Å². The van der Waals surface area contributed by atoms with E-state index in [0.717, 1.165) is 30.3 Å². The molecule has 0 radical (unpaired) electrons. The number of hydrogen-bond donors (Lipinski definition) is 1. The van der Waals surface area contributed by atoms with Crippen molar-refractivity contribution < 1.29 is 9.18 Å². The van der Waals surface area contributed by atoms with Gasteiger partial charge in [-0.1, -0.05) is 23.4 Å². The number of amides is 1. The lowest BCUT2D eigenvalue weighted by atomic mass is 10.3. The van der Waals surface area contributed by atoms with Crippen LogP contribution >= 0.6 is 23.4 Å². The van der Waals surface area contributed by atoms with Crippen molar-refractivity contribution in [3.63, 3.8) is 0 Å². The van der Waals surface area contributed by atoms with Gasteiger partial charge in [0, 0.05) is 29.0 Å². The smallest absolute Gasteiger partial charge is 0.234 e. The van der Waals surface area contributed by atoms with Gasteiger partial charge < -0.3 is 5.32 Å². The van der Waals surface area contributed by atoms with Gasteiger partial charge in [0.05, 0.1) is 11.4 Å². The van der Waals surface area contributed by atoms with Crippen LogP contribution < -0.4 is 5.32 Å². The van der Waals surface area contributed by atoms with Crippen LogP contribution in [0.15, 0.2) is 47.9 Å². The molecule has 0 bridgehead atoms. The summed E-state index contributed by atoms with van der Waals surface area (Å²) in [5.74, 6) is -0.0485. The van der Waals surface area contributed by atoms with Gasteiger partial charge in [-0.3, -0.25) is 14.3 Å². The summed E-state index contributed by atoms with van der Waals surface area (Å²) in [6, 6.07) is 8.25. The summed E-state index contributed by atoms with van der Waals surface area (Å²) in [5, 5.41) is 12.0. The standard InChI is InChI=1S/C18H15ClFN5OS/c19-12-3-6-15(14(20)8-12)22-16(26)10-27-18-24-23-17(25(18)13-4-5-13)11-2-1-7-21-9-11/h1-3,6-9,13H,4-5,10H2,(H,22,26). The Bertz CT molecular complexity index is 977. The number of aromatic nitrogens is 4. The number of thioether (sulfide) groups is 1. The van der Waals surface area contributed by atoms with Gasteiger partial charge in [0.15, 0.2) is 11.0 Å². The number of nitrogens with one attached hydrogen (secondary N) is 1. The van der Waals surface area contributed by atoms with Crippen molar-refractivity contribution >= 4 is 35.0 Å². The second kappa shape index (κ2) is 7.66. The second-order valence-corrected chi connectivity index (χ2v) is 7.49. The molecule has 0 saturated heterocycles. The summed E-state index contributed by atoms with van der Waals surface area (Å²) in [6.07, 6.45) is 5.56. The fraction of sp³-hybridized carbons (Fsp3) is 0.222. The maximum atomic E-state index is 13.8. The third kappa shape index (κ3) is 4.12. The van der Waals surface area contributed by atoms with E-state index in [-0.39, 0.29) is 22.4 Å². The lowest BCUT2D eigenvalue weighted by molar-refractivity contribution is -0.113. The molecular formula is C18H15ClFN5OS. The lowest BCUT2D eigenvalue weighted by Crippen LogP contribution is -2.15. The largest absolute Gasteiger partial charge is 0.323 e. The minimum atomic E-state index is -0.569. The Hall–Kier alpha value is -2.45. The van der Waals surface area contributed by atoms with E-state index >= 15 is 0 Å². The molecule has 2 aromatic heterocycles. The van der Waals surface area contributed by atoms with Crippen LogP contribution in [0.1, 0.15) is 18.9 Å². The van der Waals surface area contributed by atoms with Crippen LogP contribution in [0.2, 0.25) is 5.02 Å². The van der Waals surface area contributed by atoms with Gasteiger partial charge >= 0.3 is 0 Å². The third-order valence-corrected chi connectivity index (χ3v) is 5.21. The average Bonchev–Trinajstić information content (AvgIpc) is 3.42. The van der Waals surface area contributed by atoms with Crippen LogP contribution in [0.3, 0.4) is 0 Å². The predicted octanol–water partition coefficient (Wildman–Crippen LogP) is 4.20. The van der Waals surface area contributed by atoms with Crippen molar-refractivity contribution in [2.45, 2.75) is 24.0 Å². The first-order valence-electron chi connectivity index (χ1n) is 8.35. The Morgan fingerprint density at radius 3 is 2.89 bits per heavy atom. The zero-order chi connectivity index (χ0) is 18.8. The Morgan fingerprint density at radius 2 is 2.19 bits per heavy atom. The monoisotopic (exact) mass is 403 g/mol. The molecule has 1 saturated carbocycles. The Balaban J connectivity index is 1.47. The summed E-state index contributed by atoms with van der Waals surface area (Å²) in [5.41, 5.74) is 0.987. The molecule has 138 valence electrons. The van der Waals surface area contributed by atoms with Crippen LogP contribution in [0.5, 0.6) is 0 Å². The van der Waals surface area contributed by atoms with E-state index < -0.39 is 5.82 Å². The highest BCUT2D eigenvalue weighted by Crippen LogP contribution is 2.40. The Morgan fingerprint density at radius 1 is 1.33 bits per heavy atom. The number of pyridine rings is 1. The van der Waals surface area contributed by atoms with E-state index in [2.05, 4.69) is 25.1 Å². The molecule has 6 nitrogen and oxygen atoms in total. The fourth-order valence-corrected chi connectivity index (χ4v) is 3.60. The highest BCUT2D eigenvalue weighted by Gasteiger charge is 2.30. The molecule has 27 heavy (non-hydrogen) atoms. The van der Waals surface area contributed by atoms with Crippen LogP contribution in [0.4, 0.5) is 10.1 Å². The first kappa shape index (κ1) is 17.9. The number of halogens is 2. The van der Waals surface area contributed by atoms with Crippen LogP contribution in [0.25, 0.3) is 11.4 Å². The van der Waals surface area contributed by atoms with E-state index in [9.17, 15) is 9.18 Å². The molecule has 3 aromatic rings. The summed E-state index contributed by atoms with van der Waals surface area (Å²) < 4.78 is 15.9. The second-order valence-electron chi connectivity index (χ2n) is 6.11. The van der Waals surface area contributed by atoms with Gasteiger partial charge in [-0.15, -0.1) is 10.2 Å². The molecule has 0 atom stereocenters. The summed E-state index contributed by atoms with van der Waals surface area (Å²) in [4.78, 5) is 16.3. The van der Waals surface area contributed by atoms with Crippen molar-refractivity contribution in [2.24, 2.45) is 0 Å². The topological polar surface area (TPSA) is 72.7 Å². The molecule has 0 unspecified atom stereocenters. The number of nitrogens with zero attached hydrogens (tertiary/aromatic N) is 4. The van der Waals surface area contributed by atoms with Crippen LogP contribution in [-0.4, -0.2) is 31.4 Å². The molecule has 0 spiro atoms. The van der Waals surface area contributed by atoms with Gasteiger partial charge in [-0.05, 0) is 43.2 Å². The highest BCUT2D eigenvalue weighted by molar-refractivity contribution is 7.99. The summed E-state index contributed by atoms with van der Waals surface area (Å²) in [6.45, 7) is 0. The zero-order valence-electron chi connectivity index (χ0n) is 14.1. The molecule has 1 fully saturated rings. The van der Waals surface area contributed by atoms with Gasteiger partial charge in [-0.25, -0.2) is 4.39 Å². The van der Waals surface area contributed by atoms with E-state index in [4.69, 9.17) is 11.6 Å². The molecular weight excluding hydrogens is 389 g/mol. The molecule has 2 heterocycles. The van der Waals surface area contributed by atoms with E-state index in [1.54, 1.807) is 12.4 Å². The minimum Gasteiger partial charge on any atom is -0.323 e.